The molecule has 0 aliphatic carbocycles. The van der Waals surface area contributed by atoms with E-state index < -0.39 is 17.6 Å². The highest BCUT2D eigenvalue weighted by molar-refractivity contribution is 6.32. The van der Waals surface area contributed by atoms with Gasteiger partial charge in [-0.3, -0.25) is 4.79 Å². The van der Waals surface area contributed by atoms with Crippen LogP contribution in [0.2, 0.25) is 5.02 Å². The third-order valence-electron chi connectivity index (χ3n) is 3.45. The monoisotopic (exact) mass is 414 g/mol. The minimum Gasteiger partial charge on any atom is -0.490 e. The molecule has 0 aliphatic rings. The topological polar surface area (TPSA) is 59.9 Å². The van der Waals surface area contributed by atoms with Gasteiger partial charge in [0.05, 0.1) is 30.0 Å². The molecule has 0 fully saturated rings. The summed E-state index contributed by atoms with van der Waals surface area (Å²) in [5.74, 6) is 0.0445. The summed E-state index contributed by atoms with van der Waals surface area (Å²) in [6.45, 7) is 4.41. The minimum absolute atomic E-state index is 0.160. The van der Waals surface area contributed by atoms with E-state index in [2.05, 4.69) is 10.5 Å². The zero-order valence-electron chi connectivity index (χ0n) is 15.1. The molecule has 9 heteroatoms. The highest BCUT2D eigenvalue weighted by Gasteiger charge is 2.30. The second kappa shape index (κ2) is 9.45. The highest BCUT2D eigenvalue weighted by Crippen LogP contribution is 2.36. The smallest absolute Gasteiger partial charge is 0.416 e. The van der Waals surface area contributed by atoms with Crippen LogP contribution in [0.25, 0.3) is 0 Å². The number of halogens is 4. The van der Waals surface area contributed by atoms with Gasteiger partial charge in [0, 0.05) is 5.56 Å². The Morgan fingerprint density at radius 2 is 1.89 bits per heavy atom. The molecule has 1 N–H and O–H groups in total. The van der Waals surface area contributed by atoms with Crippen molar-refractivity contribution in [3.8, 4) is 11.5 Å². The Labute approximate surface area is 165 Å². The van der Waals surface area contributed by atoms with Gasteiger partial charge in [0.2, 0.25) is 0 Å². The lowest BCUT2D eigenvalue weighted by Gasteiger charge is -2.13. The number of carbonyl (C=O) groups excluding carboxylic acids is 1. The molecule has 150 valence electrons. The summed E-state index contributed by atoms with van der Waals surface area (Å²) < 4.78 is 49.1. The van der Waals surface area contributed by atoms with E-state index in [1.54, 1.807) is 19.1 Å². The van der Waals surface area contributed by atoms with E-state index in [1.807, 2.05) is 6.92 Å². The summed E-state index contributed by atoms with van der Waals surface area (Å²) in [6.07, 6.45) is -3.23. The maximum Gasteiger partial charge on any atom is 0.416 e. The predicted octanol–water partition coefficient (Wildman–Crippen LogP) is 4.92. The average molecular weight is 415 g/mol. The van der Waals surface area contributed by atoms with Gasteiger partial charge in [0.25, 0.3) is 5.91 Å². The number of benzene rings is 2. The molecule has 2 aromatic rings. The van der Waals surface area contributed by atoms with Crippen molar-refractivity contribution in [2.45, 2.75) is 20.0 Å². The molecule has 0 saturated heterocycles. The molecule has 0 aromatic heterocycles. The van der Waals surface area contributed by atoms with Crippen molar-refractivity contribution >= 4 is 23.7 Å². The number of nitrogens with zero attached hydrogens (tertiary/aromatic N) is 1. The van der Waals surface area contributed by atoms with Gasteiger partial charge in [-0.2, -0.15) is 18.3 Å². The first kappa shape index (κ1) is 21.6. The number of amides is 1. The summed E-state index contributed by atoms with van der Waals surface area (Å²) in [6, 6.07) is 7.25. The van der Waals surface area contributed by atoms with Crippen molar-refractivity contribution in [2.75, 3.05) is 13.2 Å². The SMILES string of the molecule is CCOc1cc(/C=N\NC(=O)c2cccc(C(F)(F)F)c2)cc(Cl)c1OCC. The standard InChI is InChI=1S/C19H18ClF3N2O3/c1-3-27-16-9-12(8-15(20)17(16)28-4-2)11-24-25-18(26)13-6-5-7-14(10-13)19(21,22)23/h5-11H,3-4H2,1-2H3,(H,25,26)/b24-11-. The number of rotatable bonds is 7. The molecule has 5 nitrogen and oxygen atoms in total. The van der Waals surface area contributed by atoms with Gasteiger partial charge in [-0.15, -0.1) is 0 Å². The molecule has 0 atom stereocenters. The van der Waals surface area contributed by atoms with Gasteiger partial charge in [-0.1, -0.05) is 17.7 Å². The van der Waals surface area contributed by atoms with E-state index in [0.29, 0.717) is 35.3 Å². The second-order valence-corrected chi connectivity index (χ2v) is 5.88. The lowest BCUT2D eigenvalue weighted by Crippen LogP contribution is -2.18. The molecule has 0 heterocycles. The zero-order valence-corrected chi connectivity index (χ0v) is 15.9. The Balaban J connectivity index is 2.15. The second-order valence-electron chi connectivity index (χ2n) is 5.47. The molecule has 0 saturated carbocycles. The molecular formula is C19H18ClF3N2O3. The number of nitrogens with one attached hydrogen (secondary N) is 1. The van der Waals surface area contributed by atoms with E-state index in [9.17, 15) is 18.0 Å². The van der Waals surface area contributed by atoms with Crippen LogP contribution in [0.3, 0.4) is 0 Å². The lowest BCUT2D eigenvalue weighted by molar-refractivity contribution is -0.137. The van der Waals surface area contributed by atoms with Crippen LogP contribution in [0.5, 0.6) is 11.5 Å². The fraction of sp³-hybridized carbons (Fsp3) is 0.263. The van der Waals surface area contributed by atoms with E-state index in [-0.39, 0.29) is 5.56 Å². The van der Waals surface area contributed by atoms with Gasteiger partial charge in [-0.05, 0) is 49.7 Å². The number of ether oxygens (including phenoxy) is 2. The zero-order chi connectivity index (χ0) is 20.7. The van der Waals surface area contributed by atoms with Crippen molar-refractivity contribution in [2.24, 2.45) is 5.10 Å². The van der Waals surface area contributed by atoms with Crippen molar-refractivity contribution in [3.05, 3.63) is 58.1 Å². The molecule has 0 aliphatic heterocycles. The molecule has 0 unspecified atom stereocenters. The molecule has 2 rings (SSSR count). The number of alkyl halides is 3. The Morgan fingerprint density at radius 1 is 1.18 bits per heavy atom. The van der Waals surface area contributed by atoms with Gasteiger partial charge in [-0.25, -0.2) is 5.43 Å². The summed E-state index contributed by atoms with van der Waals surface area (Å²) >= 11 is 6.19. The van der Waals surface area contributed by atoms with Crippen molar-refractivity contribution in [1.82, 2.24) is 5.43 Å². The third-order valence-corrected chi connectivity index (χ3v) is 3.73. The van der Waals surface area contributed by atoms with Crippen LogP contribution in [-0.4, -0.2) is 25.3 Å². The van der Waals surface area contributed by atoms with Crippen LogP contribution in [0.1, 0.15) is 35.3 Å². The Hall–Kier alpha value is -2.74. The number of carbonyl (C=O) groups is 1. The lowest BCUT2D eigenvalue weighted by atomic mass is 10.1. The summed E-state index contributed by atoms with van der Waals surface area (Å²) in [7, 11) is 0. The van der Waals surface area contributed by atoms with Crippen LogP contribution < -0.4 is 14.9 Å². The van der Waals surface area contributed by atoms with Gasteiger partial charge in [0.15, 0.2) is 11.5 Å². The Bertz CT molecular complexity index is 870. The van der Waals surface area contributed by atoms with Crippen LogP contribution in [0, 0.1) is 0 Å². The molecule has 0 radical (unpaired) electrons. The maximum absolute atomic E-state index is 12.7. The van der Waals surface area contributed by atoms with Crippen LogP contribution in [-0.2, 0) is 6.18 Å². The molecule has 0 spiro atoms. The van der Waals surface area contributed by atoms with Crippen LogP contribution >= 0.6 is 11.6 Å². The average Bonchev–Trinajstić information content (AvgIpc) is 2.64. The summed E-state index contributed by atoms with van der Waals surface area (Å²) in [5, 5.41) is 4.07. The largest absolute Gasteiger partial charge is 0.490 e. The molecule has 1 amide bonds. The fourth-order valence-electron chi connectivity index (χ4n) is 2.28. The van der Waals surface area contributed by atoms with E-state index in [1.165, 1.54) is 12.3 Å². The van der Waals surface area contributed by atoms with Gasteiger partial charge in [0.1, 0.15) is 0 Å². The molecule has 28 heavy (non-hydrogen) atoms. The first-order valence-corrected chi connectivity index (χ1v) is 8.73. The third kappa shape index (κ3) is 5.63. The summed E-state index contributed by atoms with van der Waals surface area (Å²) in [4.78, 5) is 12.0. The maximum atomic E-state index is 12.7. The van der Waals surface area contributed by atoms with Gasteiger partial charge >= 0.3 is 6.18 Å². The van der Waals surface area contributed by atoms with Crippen molar-refractivity contribution in [3.63, 3.8) is 0 Å². The van der Waals surface area contributed by atoms with Crippen LogP contribution in [0.4, 0.5) is 13.2 Å². The molecule has 0 bridgehead atoms. The van der Waals surface area contributed by atoms with Crippen LogP contribution in [0.15, 0.2) is 41.5 Å². The normalized spacial score (nSPS) is 11.5. The fourth-order valence-corrected chi connectivity index (χ4v) is 2.55. The minimum atomic E-state index is -4.53. The van der Waals surface area contributed by atoms with E-state index in [0.717, 1.165) is 18.2 Å². The highest BCUT2D eigenvalue weighted by atomic mass is 35.5. The predicted molar refractivity (Wildman–Crippen MR) is 100 cm³/mol. The van der Waals surface area contributed by atoms with Gasteiger partial charge < -0.3 is 9.47 Å². The van der Waals surface area contributed by atoms with Crippen molar-refractivity contribution < 1.29 is 27.4 Å². The van der Waals surface area contributed by atoms with Crippen molar-refractivity contribution in [1.29, 1.82) is 0 Å². The number of hydrogen-bond acceptors (Lipinski definition) is 4. The Morgan fingerprint density at radius 3 is 2.54 bits per heavy atom. The molecular weight excluding hydrogens is 397 g/mol. The van der Waals surface area contributed by atoms with E-state index >= 15 is 0 Å². The Kier molecular flexibility index (Phi) is 7.28. The van der Waals surface area contributed by atoms with E-state index in [4.69, 9.17) is 21.1 Å². The first-order chi connectivity index (χ1) is 13.3. The summed E-state index contributed by atoms with van der Waals surface area (Å²) in [5.41, 5.74) is 1.63. The number of hydrazone groups is 1. The quantitative estimate of drug-likeness (QED) is 0.516. The first-order valence-electron chi connectivity index (χ1n) is 8.36. The number of hydrogen-bond donors (Lipinski definition) is 1. The molecule has 2 aromatic carbocycles.